The summed E-state index contributed by atoms with van der Waals surface area (Å²) in [6, 6.07) is 0. The molecule has 18 heavy (non-hydrogen) atoms. The number of allylic oxidation sites excluding steroid dienone is 1. The number of halogens is 3. The highest BCUT2D eigenvalue weighted by Gasteiger charge is 2.49. The fraction of sp³-hybridized carbons (Fsp3) is 0.800. The molecule has 0 aliphatic carbocycles. The molecule has 4 nitrogen and oxygen atoms in total. The van der Waals surface area contributed by atoms with Gasteiger partial charge in [-0.15, -0.1) is 0 Å². The van der Waals surface area contributed by atoms with Gasteiger partial charge in [-0.25, -0.2) is 0 Å². The molecule has 1 aliphatic rings. The minimum Gasteiger partial charge on any atom is -0.465 e. The number of hydrogen-bond donors (Lipinski definition) is 0. The molecule has 1 atom stereocenters. The number of hydrogen-bond acceptors (Lipinski definition) is 4. The number of unbranched alkanes of at least 4 members (excludes halogenated alkanes) is 1. The Hall–Kier alpha value is -0.920. The van der Waals surface area contributed by atoms with Crippen molar-refractivity contribution in [2.75, 3.05) is 6.61 Å². The van der Waals surface area contributed by atoms with Crippen LogP contribution in [0.25, 0.3) is 0 Å². The first-order valence-electron chi connectivity index (χ1n) is 5.60. The first-order valence-corrected chi connectivity index (χ1v) is 7.01. The third-order valence-corrected chi connectivity index (χ3v) is 3.47. The van der Waals surface area contributed by atoms with Crippen LogP contribution in [0.1, 0.15) is 32.6 Å². The molecule has 0 aromatic carbocycles. The highest BCUT2D eigenvalue weighted by atomic mass is 32.2. The molecule has 1 unspecified atom stereocenters. The third kappa shape index (κ3) is 4.08. The van der Waals surface area contributed by atoms with Gasteiger partial charge in [-0.3, -0.25) is 0 Å². The maximum Gasteiger partial charge on any atom is 0.534 e. The van der Waals surface area contributed by atoms with Crippen LogP contribution in [0.15, 0.2) is 12.0 Å². The van der Waals surface area contributed by atoms with Gasteiger partial charge in [0.1, 0.15) is 0 Å². The van der Waals surface area contributed by atoms with Gasteiger partial charge in [-0.2, -0.15) is 21.6 Å². The summed E-state index contributed by atoms with van der Waals surface area (Å²) in [5.41, 5.74) is -5.43. The van der Waals surface area contributed by atoms with Crippen LogP contribution >= 0.6 is 0 Å². The van der Waals surface area contributed by atoms with E-state index in [4.69, 9.17) is 4.74 Å². The van der Waals surface area contributed by atoms with Gasteiger partial charge in [0.25, 0.3) is 5.95 Å². The van der Waals surface area contributed by atoms with Crippen molar-refractivity contribution in [1.29, 1.82) is 0 Å². The average Bonchev–Trinajstić information content (AvgIpc) is 2.26. The van der Waals surface area contributed by atoms with Crippen LogP contribution < -0.4 is 0 Å². The van der Waals surface area contributed by atoms with Gasteiger partial charge in [0.15, 0.2) is 0 Å². The first-order chi connectivity index (χ1) is 8.26. The normalized spacial score (nSPS) is 21.1. The Balaban J connectivity index is 2.54. The summed E-state index contributed by atoms with van der Waals surface area (Å²) in [5, 5.41) is 0. The van der Waals surface area contributed by atoms with E-state index >= 15 is 0 Å². The monoisotopic (exact) mass is 288 g/mol. The molecule has 0 saturated carbocycles. The minimum absolute atomic E-state index is 0.180. The van der Waals surface area contributed by atoms with Crippen molar-refractivity contribution in [2.45, 2.75) is 38.1 Å². The lowest BCUT2D eigenvalue weighted by atomic mass is 9.98. The lowest BCUT2D eigenvalue weighted by Crippen LogP contribution is -2.27. The molecule has 8 heteroatoms. The van der Waals surface area contributed by atoms with Crippen molar-refractivity contribution >= 4 is 10.1 Å². The Bertz CT molecular complexity index is 400. The van der Waals surface area contributed by atoms with Crippen LogP contribution in [0.4, 0.5) is 13.2 Å². The zero-order chi connectivity index (χ0) is 13.8. The Kier molecular flexibility index (Phi) is 4.89. The van der Waals surface area contributed by atoms with E-state index in [-0.39, 0.29) is 12.5 Å². The predicted octanol–water partition coefficient (Wildman–Crippen LogP) is 2.92. The van der Waals surface area contributed by atoms with E-state index in [2.05, 4.69) is 4.18 Å². The summed E-state index contributed by atoms with van der Waals surface area (Å²) in [4.78, 5) is 0. The molecular formula is C10H15F3O4S. The molecule has 0 fully saturated rings. The maximum atomic E-state index is 12.0. The molecule has 0 aromatic heterocycles. The summed E-state index contributed by atoms with van der Waals surface area (Å²) in [6.45, 7) is 2.21. The van der Waals surface area contributed by atoms with Gasteiger partial charge in [-0.1, -0.05) is 19.8 Å². The molecular weight excluding hydrogens is 273 g/mol. The van der Waals surface area contributed by atoms with E-state index in [1.165, 1.54) is 6.08 Å². The van der Waals surface area contributed by atoms with Crippen LogP contribution in [-0.4, -0.2) is 20.5 Å². The molecule has 1 rings (SSSR count). The zero-order valence-corrected chi connectivity index (χ0v) is 10.7. The SMILES string of the molecule is CCCCC1CC=C(OS(=O)(=O)C(F)(F)F)OC1. The lowest BCUT2D eigenvalue weighted by Gasteiger charge is -2.22. The van der Waals surface area contributed by atoms with Crippen LogP contribution in [0.3, 0.4) is 0 Å². The summed E-state index contributed by atoms with van der Waals surface area (Å²) in [6.07, 6.45) is 4.62. The highest BCUT2D eigenvalue weighted by molar-refractivity contribution is 7.87. The van der Waals surface area contributed by atoms with Crippen molar-refractivity contribution in [3.05, 3.63) is 12.0 Å². The smallest absolute Gasteiger partial charge is 0.465 e. The number of alkyl halides is 3. The molecule has 0 radical (unpaired) electrons. The second kappa shape index (κ2) is 5.81. The Labute approximate surface area is 104 Å². The second-order valence-electron chi connectivity index (χ2n) is 4.06. The van der Waals surface area contributed by atoms with Gasteiger partial charge < -0.3 is 8.92 Å². The molecule has 1 aliphatic heterocycles. The predicted molar refractivity (Wildman–Crippen MR) is 57.7 cm³/mol. The van der Waals surface area contributed by atoms with Gasteiger partial charge >= 0.3 is 15.6 Å². The van der Waals surface area contributed by atoms with E-state index in [0.717, 1.165) is 19.3 Å². The Morgan fingerprint density at radius 3 is 2.61 bits per heavy atom. The average molecular weight is 288 g/mol. The second-order valence-corrected chi connectivity index (χ2v) is 5.60. The van der Waals surface area contributed by atoms with Crippen LogP contribution in [0.5, 0.6) is 0 Å². The fourth-order valence-corrected chi connectivity index (χ4v) is 1.92. The van der Waals surface area contributed by atoms with E-state index in [0.29, 0.717) is 6.42 Å². The standard InChI is InChI=1S/C10H15F3O4S/c1-2-3-4-8-5-6-9(16-7-8)17-18(14,15)10(11,12)13/h6,8H,2-5,7H2,1H3. The van der Waals surface area contributed by atoms with Gasteiger partial charge in [0, 0.05) is 0 Å². The summed E-state index contributed by atoms with van der Waals surface area (Å²) in [7, 11) is -5.63. The quantitative estimate of drug-likeness (QED) is 0.576. The lowest BCUT2D eigenvalue weighted by molar-refractivity contribution is -0.0576. The van der Waals surface area contributed by atoms with Gasteiger partial charge in [-0.05, 0) is 24.8 Å². The summed E-state index contributed by atoms with van der Waals surface area (Å²) < 4.78 is 66.3. The van der Waals surface area contributed by atoms with E-state index in [1.54, 1.807) is 0 Å². The number of rotatable bonds is 5. The molecule has 0 N–H and O–H groups in total. The minimum atomic E-state index is -5.63. The van der Waals surface area contributed by atoms with Crippen molar-refractivity contribution in [3.8, 4) is 0 Å². The highest BCUT2D eigenvalue weighted by Crippen LogP contribution is 2.29. The molecule has 0 amide bonds. The van der Waals surface area contributed by atoms with Crippen LogP contribution in [0, 0.1) is 5.92 Å². The van der Waals surface area contributed by atoms with Crippen molar-refractivity contribution in [1.82, 2.24) is 0 Å². The van der Waals surface area contributed by atoms with Crippen molar-refractivity contribution < 1.29 is 30.5 Å². The van der Waals surface area contributed by atoms with Gasteiger partial charge in [0.2, 0.25) is 0 Å². The Morgan fingerprint density at radius 1 is 1.50 bits per heavy atom. The van der Waals surface area contributed by atoms with Crippen molar-refractivity contribution in [2.24, 2.45) is 5.92 Å². The van der Waals surface area contributed by atoms with Crippen LogP contribution in [-0.2, 0) is 19.0 Å². The van der Waals surface area contributed by atoms with E-state index < -0.39 is 21.6 Å². The van der Waals surface area contributed by atoms with Gasteiger partial charge in [0.05, 0.1) is 6.61 Å². The molecule has 0 saturated heterocycles. The first kappa shape index (κ1) is 15.1. The molecule has 0 spiro atoms. The zero-order valence-electron chi connectivity index (χ0n) is 9.87. The topological polar surface area (TPSA) is 52.6 Å². The largest absolute Gasteiger partial charge is 0.534 e. The molecule has 1 heterocycles. The van der Waals surface area contributed by atoms with E-state index in [1.807, 2.05) is 6.92 Å². The van der Waals surface area contributed by atoms with Crippen molar-refractivity contribution in [3.63, 3.8) is 0 Å². The molecule has 0 aromatic rings. The van der Waals surface area contributed by atoms with Crippen LogP contribution in [0.2, 0.25) is 0 Å². The molecule has 0 bridgehead atoms. The van der Waals surface area contributed by atoms with E-state index in [9.17, 15) is 21.6 Å². The summed E-state index contributed by atoms with van der Waals surface area (Å²) >= 11 is 0. The number of ether oxygens (including phenoxy) is 1. The molecule has 106 valence electrons. The summed E-state index contributed by atoms with van der Waals surface area (Å²) in [5.74, 6) is -0.383. The fourth-order valence-electron chi connectivity index (χ4n) is 1.50. The Morgan fingerprint density at radius 2 is 2.17 bits per heavy atom. The third-order valence-electron chi connectivity index (χ3n) is 2.52. The maximum absolute atomic E-state index is 12.0.